The molecular formula is C35H48F2N8O. The van der Waals surface area contributed by atoms with Crippen LogP contribution in [-0.4, -0.2) is 84.1 Å². The van der Waals surface area contributed by atoms with Crippen molar-refractivity contribution in [2.24, 2.45) is 16.1 Å². The van der Waals surface area contributed by atoms with Crippen LogP contribution in [-0.2, 0) is 24.2 Å². The number of piperazine rings is 1. The van der Waals surface area contributed by atoms with E-state index in [0.717, 1.165) is 73.9 Å². The lowest BCUT2D eigenvalue weighted by Gasteiger charge is -2.55. The fourth-order valence-electron chi connectivity index (χ4n) is 8.97. The van der Waals surface area contributed by atoms with Crippen LogP contribution in [0, 0.1) is 5.41 Å². The summed E-state index contributed by atoms with van der Waals surface area (Å²) in [5.74, 6) is 0.873. The molecule has 0 bridgehead atoms. The van der Waals surface area contributed by atoms with E-state index in [9.17, 15) is 13.6 Å². The fraction of sp³-hybridized carbons (Fsp3) is 0.629. The molecule has 2 aliphatic carbocycles. The minimum absolute atomic E-state index is 0.0512. The third kappa shape index (κ3) is 5.63. The first-order valence-corrected chi connectivity index (χ1v) is 17.2. The van der Waals surface area contributed by atoms with Gasteiger partial charge in [-0.3, -0.25) is 19.4 Å². The number of halogens is 2. The molecule has 9 nitrogen and oxygen atoms in total. The van der Waals surface area contributed by atoms with Crippen LogP contribution in [0.1, 0.15) is 92.3 Å². The van der Waals surface area contributed by atoms with Crippen LogP contribution >= 0.6 is 0 Å². The third-order valence-corrected chi connectivity index (χ3v) is 11.5. The Morgan fingerprint density at radius 3 is 2.54 bits per heavy atom. The Hall–Kier alpha value is -3.31. The molecule has 2 aromatic rings. The van der Waals surface area contributed by atoms with E-state index in [-0.39, 0.29) is 11.5 Å². The van der Waals surface area contributed by atoms with Crippen LogP contribution in [0.4, 0.5) is 20.3 Å². The maximum Gasteiger partial charge on any atom is 0.264 e. The Morgan fingerprint density at radius 2 is 1.87 bits per heavy atom. The Kier molecular flexibility index (Phi) is 8.65. The SMILES string of the molecule is CN=C/C(=C\N)c1cc2c(cc1C(F)F)N(c1nn(C3CCC4(CC3)CC(N3CCNCC3)C4)c3c1CN(C(C)=O)CC3)CCC2. The molecule has 11 heteroatoms. The summed E-state index contributed by atoms with van der Waals surface area (Å²) in [7, 11) is 1.61. The number of aromatic nitrogens is 2. The summed E-state index contributed by atoms with van der Waals surface area (Å²) in [4.78, 5) is 23.3. The van der Waals surface area contributed by atoms with Crippen molar-refractivity contribution in [2.75, 3.05) is 51.2 Å². The fourth-order valence-corrected chi connectivity index (χ4v) is 8.97. The van der Waals surface area contributed by atoms with Crippen molar-refractivity contribution >= 4 is 29.2 Å². The van der Waals surface area contributed by atoms with Crippen LogP contribution in [0.25, 0.3) is 5.57 Å². The molecule has 1 aromatic carbocycles. The molecule has 3 N–H and O–H groups in total. The van der Waals surface area contributed by atoms with E-state index < -0.39 is 6.43 Å². The van der Waals surface area contributed by atoms with Crippen molar-refractivity contribution in [1.29, 1.82) is 0 Å². The van der Waals surface area contributed by atoms with Crippen LogP contribution in [0.5, 0.6) is 0 Å². The van der Waals surface area contributed by atoms with Gasteiger partial charge in [-0.15, -0.1) is 0 Å². The van der Waals surface area contributed by atoms with E-state index in [0.29, 0.717) is 42.2 Å². The maximum absolute atomic E-state index is 14.6. The lowest BCUT2D eigenvalue weighted by atomic mass is 9.57. The number of nitrogens with two attached hydrogens (primary N) is 1. The largest absolute Gasteiger partial charge is 0.404 e. The number of alkyl halides is 2. The number of hydrogen-bond donors (Lipinski definition) is 2. The highest BCUT2D eigenvalue weighted by Gasteiger charge is 2.48. The first-order chi connectivity index (χ1) is 22.3. The van der Waals surface area contributed by atoms with Crippen molar-refractivity contribution in [1.82, 2.24) is 24.9 Å². The van der Waals surface area contributed by atoms with Gasteiger partial charge in [0.15, 0.2) is 5.82 Å². The normalized spacial score (nSPS) is 27.3. The topological polar surface area (TPSA) is 95.0 Å². The highest BCUT2D eigenvalue weighted by molar-refractivity contribution is 6.10. The zero-order valence-corrected chi connectivity index (χ0v) is 27.3. The molecule has 1 saturated heterocycles. The average Bonchev–Trinajstić information content (AvgIpc) is 3.44. The predicted molar refractivity (Wildman–Crippen MR) is 178 cm³/mol. The van der Waals surface area contributed by atoms with Gasteiger partial charge < -0.3 is 20.9 Å². The lowest BCUT2D eigenvalue weighted by Crippen LogP contribution is -2.57. The van der Waals surface area contributed by atoms with E-state index in [2.05, 4.69) is 24.8 Å². The molecule has 1 amide bonds. The number of amides is 1. The van der Waals surface area contributed by atoms with Crippen LogP contribution in [0.3, 0.4) is 0 Å². The second-order valence-electron chi connectivity index (χ2n) is 14.1. The number of fused-ring (bicyclic) bond motifs is 2. The number of allylic oxidation sites excluding steroid dienone is 1. The van der Waals surface area contributed by atoms with E-state index in [1.165, 1.54) is 56.9 Å². The number of nitrogens with one attached hydrogen (secondary N) is 1. The molecule has 3 aliphatic heterocycles. The average molecular weight is 635 g/mol. The predicted octanol–water partition coefficient (Wildman–Crippen LogP) is 4.98. The summed E-state index contributed by atoms with van der Waals surface area (Å²) in [5.41, 5.74) is 11.2. The Labute approximate surface area is 270 Å². The van der Waals surface area contributed by atoms with Crippen molar-refractivity contribution in [2.45, 2.75) is 89.8 Å². The molecule has 0 unspecified atom stereocenters. The van der Waals surface area contributed by atoms with Crippen LogP contribution in [0.15, 0.2) is 23.3 Å². The van der Waals surface area contributed by atoms with Gasteiger partial charge in [0.25, 0.3) is 6.43 Å². The zero-order chi connectivity index (χ0) is 32.0. The second-order valence-corrected chi connectivity index (χ2v) is 14.1. The van der Waals surface area contributed by atoms with Crippen molar-refractivity contribution < 1.29 is 13.6 Å². The molecule has 1 aromatic heterocycles. The number of aliphatic imine (C=N–C) groups is 1. The molecule has 2 saturated carbocycles. The smallest absolute Gasteiger partial charge is 0.264 e. The summed E-state index contributed by atoms with van der Waals surface area (Å²) >= 11 is 0. The van der Waals surface area contributed by atoms with E-state index in [1.807, 2.05) is 11.0 Å². The van der Waals surface area contributed by atoms with Gasteiger partial charge in [0.1, 0.15) is 0 Å². The molecule has 5 aliphatic rings. The summed E-state index contributed by atoms with van der Waals surface area (Å²) in [6.45, 7) is 8.03. The number of benzene rings is 1. The number of aryl methyl sites for hydroxylation is 1. The Morgan fingerprint density at radius 1 is 1.11 bits per heavy atom. The van der Waals surface area contributed by atoms with Gasteiger partial charge in [-0.1, -0.05) is 0 Å². The molecule has 46 heavy (non-hydrogen) atoms. The molecule has 3 fully saturated rings. The number of hydrogen-bond acceptors (Lipinski definition) is 7. The molecular weight excluding hydrogens is 586 g/mol. The molecule has 0 atom stereocenters. The van der Waals surface area contributed by atoms with Crippen molar-refractivity contribution in [3.8, 4) is 0 Å². The highest BCUT2D eigenvalue weighted by atomic mass is 19.3. The molecule has 248 valence electrons. The number of nitrogens with zero attached hydrogens (tertiary/aromatic N) is 6. The summed E-state index contributed by atoms with van der Waals surface area (Å²) in [5, 5.41) is 8.82. The number of carbonyl (C=O) groups excluding carboxylic acids is 1. The van der Waals surface area contributed by atoms with Gasteiger partial charge in [0.2, 0.25) is 5.91 Å². The van der Waals surface area contributed by atoms with Gasteiger partial charge >= 0.3 is 0 Å². The standard InChI is InChI=1S/C35H48F2N8O/c1-23(46)43-13-7-31-30(22-43)34(41-45(31)26-5-8-35(9-6-26)18-27(19-35)42-14-10-40-11-15-42)44-12-3-4-24-16-28(25(20-38)21-39-2)29(33(36)37)17-32(24)44/h16-17,20-21,26-27,33,40H,3-15,18-19,22,38H2,1-2H3/b25-20+,39-21?. The van der Waals surface area contributed by atoms with Crippen molar-refractivity contribution in [3.63, 3.8) is 0 Å². The van der Waals surface area contributed by atoms with Gasteiger partial charge in [-0.25, -0.2) is 8.78 Å². The Bertz CT molecular complexity index is 1510. The maximum atomic E-state index is 14.6. The summed E-state index contributed by atoms with van der Waals surface area (Å²) in [6.07, 6.45) is 9.96. The molecule has 7 rings (SSSR count). The lowest BCUT2D eigenvalue weighted by molar-refractivity contribution is -0.129. The third-order valence-electron chi connectivity index (χ3n) is 11.5. The molecule has 1 spiro atoms. The molecule has 4 heterocycles. The highest BCUT2D eigenvalue weighted by Crippen LogP contribution is 2.55. The number of carbonyl (C=O) groups is 1. The van der Waals surface area contributed by atoms with E-state index in [4.69, 9.17) is 10.8 Å². The summed E-state index contributed by atoms with van der Waals surface area (Å²) in [6, 6.07) is 4.56. The van der Waals surface area contributed by atoms with Crippen LogP contribution < -0.4 is 16.0 Å². The van der Waals surface area contributed by atoms with Gasteiger partial charge in [-0.2, -0.15) is 5.10 Å². The molecule has 0 radical (unpaired) electrons. The van der Waals surface area contributed by atoms with Gasteiger partial charge in [0, 0.05) is 106 Å². The zero-order valence-electron chi connectivity index (χ0n) is 27.3. The monoisotopic (exact) mass is 634 g/mol. The van der Waals surface area contributed by atoms with E-state index in [1.54, 1.807) is 20.0 Å². The van der Waals surface area contributed by atoms with Crippen molar-refractivity contribution in [3.05, 3.63) is 46.3 Å². The number of rotatable bonds is 6. The minimum atomic E-state index is -2.67. The van der Waals surface area contributed by atoms with Gasteiger partial charge in [-0.05, 0) is 80.0 Å². The van der Waals surface area contributed by atoms with Crippen LogP contribution in [0.2, 0.25) is 0 Å². The second kappa shape index (κ2) is 12.7. The minimum Gasteiger partial charge on any atom is -0.404 e. The quantitative estimate of drug-likeness (QED) is 0.436. The first kappa shape index (κ1) is 31.3. The first-order valence-electron chi connectivity index (χ1n) is 17.2. The number of anilines is 2. The summed E-state index contributed by atoms with van der Waals surface area (Å²) < 4.78 is 31.4. The van der Waals surface area contributed by atoms with E-state index >= 15 is 0 Å². The Balaban J connectivity index is 1.19. The van der Waals surface area contributed by atoms with Gasteiger partial charge in [0.05, 0.1) is 12.6 Å².